The fraction of sp³-hybridized carbons (Fsp3) is 0.435. The Hall–Kier alpha value is -1.79. The topological polar surface area (TPSA) is 48.0 Å². The molecule has 30 heavy (non-hydrogen) atoms. The third-order valence-corrected chi connectivity index (χ3v) is 5.95. The summed E-state index contributed by atoms with van der Waals surface area (Å²) in [7, 11) is 0. The Morgan fingerprint density at radius 3 is 2.67 bits per heavy atom. The summed E-state index contributed by atoms with van der Waals surface area (Å²) >= 11 is 12.1. The van der Waals surface area contributed by atoms with Crippen LogP contribution in [0.2, 0.25) is 10.0 Å². The molecule has 0 atom stereocenters. The molecule has 0 unspecified atom stereocenters. The van der Waals surface area contributed by atoms with Crippen LogP contribution < -0.4 is 9.64 Å². The number of amides is 1. The van der Waals surface area contributed by atoms with E-state index in [0.717, 1.165) is 36.9 Å². The molecule has 1 amide bonds. The number of carbonyl (C=O) groups excluding carboxylic acids is 1. The number of hydrogen-bond acceptors (Lipinski definition) is 4. The lowest BCUT2D eigenvalue weighted by molar-refractivity contribution is -0.256. The Bertz CT molecular complexity index is 927. The van der Waals surface area contributed by atoms with Gasteiger partial charge in [0.15, 0.2) is 0 Å². The van der Waals surface area contributed by atoms with Crippen LogP contribution in [-0.4, -0.2) is 32.3 Å². The molecule has 7 heteroatoms. The average Bonchev–Trinajstić information content (AvgIpc) is 2.96. The number of rotatable bonds is 7. The normalized spacial score (nSPS) is 17.4. The monoisotopic (exact) mass is 449 g/mol. The number of anilines is 1. The van der Waals surface area contributed by atoms with Gasteiger partial charge < -0.3 is 19.1 Å². The number of unbranched alkanes of at least 4 members (excludes halogenated alkanes) is 1. The van der Waals surface area contributed by atoms with Crippen LogP contribution in [0.15, 0.2) is 36.4 Å². The van der Waals surface area contributed by atoms with E-state index < -0.39 is 5.79 Å². The van der Waals surface area contributed by atoms with E-state index in [1.54, 1.807) is 23.1 Å². The molecule has 0 aliphatic carbocycles. The molecular weight excluding hydrogens is 425 g/mol. The van der Waals surface area contributed by atoms with E-state index >= 15 is 0 Å². The SMILES string of the molecule is CCCCc1ccc2c(c1)C1(OCCCO1)C(=O)N2CCOc1ccc(Cl)cc1Cl. The second kappa shape index (κ2) is 9.15. The number of fused-ring (bicyclic) bond motifs is 2. The minimum atomic E-state index is -1.34. The molecule has 2 aliphatic heterocycles. The largest absolute Gasteiger partial charge is 0.490 e. The Labute approximate surface area is 186 Å². The van der Waals surface area contributed by atoms with Gasteiger partial charge in [-0.25, -0.2) is 0 Å². The van der Waals surface area contributed by atoms with Crippen LogP contribution >= 0.6 is 23.2 Å². The Kier molecular flexibility index (Phi) is 6.54. The molecule has 2 aliphatic rings. The van der Waals surface area contributed by atoms with Gasteiger partial charge in [0.2, 0.25) is 0 Å². The van der Waals surface area contributed by atoms with Crippen LogP contribution in [0.4, 0.5) is 5.69 Å². The molecule has 0 aromatic heterocycles. The van der Waals surface area contributed by atoms with Gasteiger partial charge in [0.1, 0.15) is 12.4 Å². The van der Waals surface area contributed by atoms with Gasteiger partial charge >= 0.3 is 0 Å². The number of carbonyl (C=O) groups is 1. The van der Waals surface area contributed by atoms with Crippen molar-refractivity contribution in [1.82, 2.24) is 0 Å². The molecule has 0 bridgehead atoms. The summed E-state index contributed by atoms with van der Waals surface area (Å²) in [6.45, 7) is 3.79. The lowest BCUT2D eigenvalue weighted by atomic mass is 10.00. The number of ether oxygens (including phenoxy) is 3. The van der Waals surface area contributed by atoms with Crippen molar-refractivity contribution in [2.75, 3.05) is 31.3 Å². The third-order valence-electron chi connectivity index (χ3n) is 5.42. The second-order valence-corrected chi connectivity index (χ2v) is 8.35. The maximum atomic E-state index is 13.4. The summed E-state index contributed by atoms with van der Waals surface area (Å²) in [5.74, 6) is -1.01. The lowest BCUT2D eigenvalue weighted by Crippen LogP contribution is -2.48. The summed E-state index contributed by atoms with van der Waals surface area (Å²) in [4.78, 5) is 15.1. The molecule has 0 saturated carbocycles. The molecule has 4 rings (SSSR count). The predicted molar refractivity (Wildman–Crippen MR) is 118 cm³/mol. The lowest BCUT2D eigenvalue weighted by Gasteiger charge is -2.32. The second-order valence-electron chi connectivity index (χ2n) is 7.50. The molecular formula is C23H25Cl2NO4. The molecule has 5 nitrogen and oxygen atoms in total. The van der Waals surface area contributed by atoms with Gasteiger partial charge in [-0.1, -0.05) is 42.6 Å². The van der Waals surface area contributed by atoms with Gasteiger partial charge in [0, 0.05) is 10.6 Å². The summed E-state index contributed by atoms with van der Waals surface area (Å²) in [6, 6.07) is 11.2. The van der Waals surface area contributed by atoms with E-state index in [4.69, 9.17) is 37.4 Å². The predicted octanol–water partition coefficient (Wildman–Crippen LogP) is 5.35. The summed E-state index contributed by atoms with van der Waals surface area (Å²) in [5, 5.41) is 0.982. The quantitative estimate of drug-likeness (QED) is 0.571. The van der Waals surface area contributed by atoms with E-state index in [1.807, 2.05) is 6.07 Å². The van der Waals surface area contributed by atoms with Crippen molar-refractivity contribution >= 4 is 34.8 Å². The van der Waals surface area contributed by atoms with E-state index in [9.17, 15) is 4.79 Å². The van der Waals surface area contributed by atoms with Crippen LogP contribution in [-0.2, 0) is 26.5 Å². The molecule has 1 saturated heterocycles. The van der Waals surface area contributed by atoms with Gasteiger partial charge in [0.05, 0.1) is 30.5 Å². The molecule has 1 fully saturated rings. The first kappa shape index (κ1) is 21.4. The van der Waals surface area contributed by atoms with Crippen LogP contribution in [0.1, 0.15) is 37.3 Å². The van der Waals surface area contributed by atoms with Crippen molar-refractivity contribution in [3.8, 4) is 5.75 Å². The Morgan fingerprint density at radius 1 is 1.13 bits per heavy atom. The van der Waals surface area contributed by atoms with Crippen molar-refractivity contribution in [3.05, 3.63) is 57.6 Å². The molecule has 0 radical (unpaired) electrons. The van der Waals surface area contributed by atoms with Gasteiger partial charge in [0.25, 0.3) is 11.7 Å². The smallest absolute Gasteiger partial charge is 0.292 e. The highest BCUT2D eigenvalue weighted by molar-refractivity contribution is 6.35. The van der Waals surface area contributed by atoms with E-state index in [-0.39, 0.29) is 12.5 Å². The minimum Gasteiger partial charge on any atom is -0.490 e. The van der Waals surface area contributed by atoms with E-state index in [2.05, 4.69) is 19.1 Å². The third kappa shape index (κ3) is 4.04. The maximum absolute atomic E-state index is 13.4. The van der Waals surface area contributed by atoms with Gasteiger partial charge in [-0.3, -0.25) is 4.79 Å². The van der Waals surface area contributed by atoms with Crippen molar-refractivity contribution in [2.24, 2.45) is 0 Å². The van der Waals surface area contributed by atoms with Gasteiger partial charge in [-0.15, -0.1) is 0 Å². The number of halogens is 2. The number of aryl methyl sites for hydroxylation is 1. The zero-order valence-corrected chi connectivity index (χ0v) is 18.5. The van der Waals surface area contributed by atoms with Crippen molar-refractivity contribution < 1.29 is 19.0 Å². The first-order valence-electron chi connectivity index (χ1n) is 10.4. The summed E-state index contributed by atoms with van der Waals surface area (Å²) < 4.78 is 17.7. The van der Waals surface area contributed by atoms with E-state index in [1.165, 1.54) is 5.56 Å². The summed E-state index contributed by atoms with van der Waals surface area (Å²) in [6.07, 6.45) is 3.95. The van der Waals surface area contributed by atoms with Crippen molar-refractivity contribution in [2.45, 2.75) is 38.4 Å². The van der Waals surface area contributed by atoms with Gasteiger partial charge in [-0.2, -0.15) is 0 Å². The van der Waals surface area contributed by atoms with Crippen LogP contribution in [0.3, 0.4) is 0 Å². The zero-order chi connectivity index (χ0) is 21.1. The molecule has 2 heterocycles. The first-order chi connectivity index (χ1) is 14.5. The Balaban J connectivity index is 1.56. The van der Waals surface area contributed by atoms with Crippen LogP contribution in [0.25, 0.3) is 0 Å². The number of benzene rings is 2. The highest BCUT2D eigenvalue weighted by atomic mass is 35.5. The fourth-order valence-corrected chi connectivity index (χ4v) is 4.36. The van der Waals surface area contributed by atoms with Gasteiger partial charge in [-0.05, 0) is 55.2 Å². The highest BCUT2D eigenvalue weighted by Crippen LogP contribution is 2.45. The molecule has 2 aromatic carbocycles. The first-order valence-corrected chi connectivity index (χ1v) is 11.1. The maximum Gasteiger partial charge on any atom is 0.292 e. The highest BCUT2D eigenvalue weighted by Gasteiger charge is 2.54. The number of nitrogens with zero attached hydrogens (tertiary/aromatic N) is 1. The van der Waals surface area contributed by atoms with Crippen molar-refractivity contribution in [3.63, 3.8) is 0 Å². The Morgan fingerprint density at radius 2 is 1.93 bits per heavy atom. The molecule has 0 N–H and O–H groups in total. The molecule has 1 spiro atoms. The van der Waals surface area contributed by atoms with Crippen LogP contribution in [0, 0.1) is 0 Å². The minimum absolute atomic E-state index is 0.198. The fourth-order valence-electron chi connectivity index (χ4n) is 3.89. The number of hydrogen-bond donors (Lipinski definition) is 0. The van der Waals surface area contributed by atoms with Crippen LogP contribution in [0.5, 0.6) is 5.75 Å². The van der Waals surface area contributed by atoms with E-state index in [0.29, 0.717) is 35.6 Å². The summed E-state index contributed by atoms with van der Waals surface area (Å²) in [5.41, 5.74) is 2.80. The standard InChI is InChI=1S/C23H25Cl2NO4/c1-2-3-5-16-6-8-20-18(14-16)23(29-11-4-12-30-23)22(27)26(20)10-13-28-21-9-7-17(24)15-19(21)25/h6-9,14-15H,2-5,10-13H2,1H3. The molecule has 2 aromatic rings. The molecule has 160 valence electrons. The zero-order valence-electron chi connectivity index (χ0n) is 17.0. The average molecular weight is 450 g/mol. The van der Waals surface area contributed by atoms with Crippen molar-refractivity contribution in [1.29, 1.82) is 0 Å².